The number of aromatic nitrogens is 2. The molecule has 0 saturated carbocycles. The molecule has 5 saturated heterocycles. The van der Waals surface area contributed by atoms with Gasteiger partial charge in [0.15, 0.2) is 20.4 Å². The number of furan rings is 1. The molecule has 9 N–H and O–H groups in total. The molecule has 7 aromatic carbocycles. The molecule has 0 spiro atoms. The zero-order valence-corrected chi connectivity index (χ0v) is 83.3. The van der Waals surface area contributed by atoms with Gasteiger partial charge in [-0.3, -0.25) is 50.4 Å². The van der Waals surface area contributed by atoms with E-state index in [0.717, 1.165) is 259 Å². The summed E-state index contributed by atoms with van der Waals surface area (Å²) in [4.78, 5) is 67.6. The van der Waals surface area contributed by atoms with Crippen molar-refractivity contribution in [2.24, 2.45) is 0 Å². The number of hydrogen-bond acceptors (Lipinski definition) is 17. The molecule has 4 amide bonds. The van der Waals surface area contributed by atoms with Crippen LogP contribution in [0.2, 0.25) is 0 Å². The summed E-state index contributed by atoms with van der Waals surface area (Å²) in [5, 5.41) is 24.0. The van der Waals surface area contributed by atoms with Crippen molar-refractivity contribution in [3.8, 4) is 0 Å². The van der Waals surface area contributed by atoms with Crippen LogP contribution in [-0.2, 0) is 30.9 Å². The van der Waals surface area contributed by atoms with E-state index in [2.05, 4.69) is 82.3 Å². The molecule has 0 radical (unpaired) electrons. The monoisotopic (exact) mass is 2110 g/mol. The van der Waals surface area contributed by atoms with Gasteiger partial charge in [-0.15, -0.1) is 0 Å². The number of hydrogen-bond donors (Lipinski definition) is 9. The van der Waals surface area contributed by atoms with E-state index >= 15 is 0 Å². The molecule has 5 aliphatic heterocycles. The normalized spacial score (nSPS) is 15.2. The minimum Gasteiger partial charge on any atom is -0.472 e. The SMILES string of the molecule is FC(F)(F)c1ccc(N2CCCCC2)c(NC(=S)c2ccccc2)c1.O=C(NC(=S)Nc1cc(C(F)(F)F)ccc1N1CCCCCCC1)c1ccccc1.O=C(NC(=S)Nc1cc(C(F)(F)F)ccc1N1CCCCCCC1)c1cccnc1.O=C(NC(=S)Nc1cc(C(F)(F)F)ccc1N1CCCCCCC1)c1ccoc1.O=C(NC(=S)Nc1cc(C(F)(F)F)ccc1N1CCCCCCCC1)c1cccnc1. The molecule has 10 aromatic rings. The second-order valence-corrected chi connectivity index (χ2v) is 36.9. The maximum Gasteiger partial charge on any atom is 0.416 e. The summed E-state index contributed by atoms with van der Waals surface area (Å²) >= 11 is 26.2. The fraction of sp³-hybridized carbons (Fsp3) is 0.375. The Morgan fingerprint density at radius 1 is 0.255 bits per heavy atom. The van der Waals surface area contributed by atoms with Crippen LogP contribution in [0.3, 0.4) is 0 Å². The van der Waals surface area contributed by atoms with Crippen molar-refractivity contribution in [1.82, 2.24) is 31.2 Å². The minimum atomic E-state index is -4.48. The van der Waals surface area contributed by atoms with Crippen molar-refractivity contribution in [1.29, 1.82) is 0 Å². The van der Waals surface area contributed by atoms with Crippen LogP contribution in [0, 0.1) is 0 Å². The van der Waals surface area contributed by atoms with E-state index in [4.69, 9.17) is 65.5 Å². The lowest BCUT2D eigenvalue weighted by Crippen LogP contribution is -2.35. The molecule has 21 nitrogen and oxygen atoms in total. The first kappa shape index (κ1) is 113. The first-order valence-corrected chi connectivity index (χ1v) is 49.9. The lowest BCUT2D eigenvalue weighted by molar-refractivity contribution is -0.138. The third-order valence-electron chi connectivity index (χ3n) is 24.2. The molecule has 41 heteroatoms. The highest BCUT2D eigenvalue weighted by Gasteiger charge is 2.38. The molecular formula is C104H113F15N16O5S5. The standard InChI is InChI=1S/C22H25F3N4OS.C22H24F3N3OS.C21H23F3N4OS.C20H22F3N3O2S.C19H19F3N2S/c23-22(24,25)17-9-10-19(29-12-5-3-1-2-4-6-13-29)18(14-17)27-21(31)28-20(30)16-8-7-11-26-15-16;23-22(24,25)17-11-12-19(28-13-7-2-1-3-8-14-28)18(15-17)26-21(30)27-20(29)16-9-5-4-6-10-16;22-21(23,24)16-8-9-18(28-11-4-2-1-3-5-12-28)17(13-16)26-20(30)27-19(29)15-7-6-10-25-14-15;21-20(22,23)15-6-7-17(26-9-4-2-1-3-5-10-26)16(12-15)24-19(29)25-18(27)14-8-11-28-13-14;20-19(21,22)15-9-10-17(24-11-5-2-6-12-24)16(13-15)23-18(25)14-7-3-1-4-8-14/h7-11,14-15H,1-6,12-13H2,(H2,27,28,30,31);4-6,9-12,15H,1-3,7-8,13-14H2,(H2,26,27,29,30);6-10,13-14H,1-5,11-12H2,(H2,26,27,29,30);6-8,11-13H,1-5,9-10H2,(H2,24,25,27,29);1,3-4,7-10,13H,2,5-6,11-12H2,(H,23,25). The number of benzene rings is 7. The third-order valence-corrected chi connectivity index (χ3v) is 25.4. The topological polar surface area (TPSA) is 232 Å². The maximum atomic E-state index is 13.3. The van der Waals surface area contributed by atoms with Gasteiger partial charge in [0.1, 0.15) is 11.3 Å². The van der Waals surface area contributed by atoms with E-state index in [1.165, 1.54) is 99.7 Å². The summed E-state index contributed by atoms with van der Waals surface area (Å²) in [7, 11) is 0. The number of rotatable bonds is 15. The molecular weight excluding hydrogens is 2000 g/mol. The summed E-state index contributed by atoms with van der Waals surface area (Å²) in [6, 6.07) is 43.8. The number of nitrogens with zero attached hydrogens (tertiary/aromatic N) is 7. The van der Waals surface area contributed by atoms with Crippen molar-refractivity contribution in [2.45, 2.75) is 185 Å². The van der Waals surface area contributed by atoms with E-state index in [-0.39, 0.29) is 48.8 Å². The molecule has 15 rings (SSSR count). The van der Waals surface area contributed by atoms with E-state index in [9.17, 15) is 85.0 Å². The number of halogens is 15. The van der Waals surface area contributed by atoms with Crippen LogP contribution in [0.4, 0.5) is 123 Å². The van der Waals surface area contributed by atoms with Crippen LogP contribution in [-0.4, -0.2) is 124 Å². The third kappa shape index (κ3) is 36.2. The van der Waals surface area contributed by atoms with Gasteiger partial charge in [-0.1, -0.05) is 144 Å². The summed E-state index contributed by atoms with van der Waals surface area (Å²) in [6.07, 6.45) is 11.9. The molecule has 145 heavy (non-hydrogen) atoms. The average Bonchev–Trinajstić information content (AvgIpc) is 1.30. The largest absolute Gasteiger partial charge is 0.472 e. The van der Waals surface area contributed by atoms with Crippen LogP contribution in [0.1, 0.15) is 229 Å². The number of amides is 4. The lowest BCUT2D eigenvalue weighted by atomic mass is 10.1. The van der Waals surface area contributed by atoms with Gasteiger partial charge in [0.25, 0.3) is 23.6 Å². The Morgan fingerprint density at radius 2 is 0.476 bits per heavy atom. The Labute approximate surface area is 858 Å². The number of anilines is 10. The Bertz CT molecular complexity index is 5750. The van der Waals surface area contributed by atoms with Crippen molar-refractivity contribution in [3.63, 3.8) is 0 Å². The molecule has 5 aliphatic rings. The molecule has 5 fully saturated rings. The number of piperidine rings is 1. The van der Waals surface area contributed by atoms with Gasteiger partial charge in [0, 0.05) is 101 Å². The summed E-state index contributed by atoms with van der Waals surface area (Å²) in [5.41, 5.74) is 2.96. The maximum absolute atomic E-state index is 13.3. The predicted molar refractivity (Wildman–Crippen MR) is 559 cm³/mol. The molecule has 0 aliphatic carbocycles. The molecule has 3 aromatic heterocycles. The highest BCUT2D eigenvalue weighted by Crippen LogP contribution is 2.43. The molecule has 0 unspecified atom stereocenters. The van der Waals surface area contributed by atoms with Gasteiger partial charge in [-0.2, -0.15) is 65.9 Å². The lowest BCUT2D eigenvalue weighted by Gasteiger charge is -2.31. The second kappa shape index (κ2) is 55.1. The van der Waals surface area contributed by atoms with Gasteiger partial charge >= 0.3 is 30.9 Å². The summed E-state index contributed by atoms with van der Waals surface area (Å²) in [6.45, 7) is 7.78. The van der Waals surface area contributed by atoms with E-state index in [1.807, 2.05) is 30.3 Å². The number of carbonyl (C=O) groups is 4. The van der Waals surface area contributed by atoms with Gasteiger partial charge in [0.05, 0.1) is 108 Å². The molecule has 0 bridgehead atoms. The fourth-order valence-electron chi connectivity index (χ4n) is 16.8. The number of nitrogens with one attached hydrogen (secondary N) is 9. The first-order chi connectivity index (χ1) is 69.3. The van der Waals surface area contributed by atoms with E-state index in [1.54, 1.807) is 60.7 Å². The van der Waals surface area contributed by atoms with Gasteiger partial charge < -0.3 is 55.5 Å². The van der Waals surface area contributed by atoms with Gasteiger partial charge in [-0.05, 0) is 253 Å². The second-order valence-electron chi connectivity index (χ2n) is 34.9. The molecule has 8 heterocycles. The van der Waals surface area contributed by atoms with Crippen molar-refractivity contribution in [2.75, 3.05) is 117 Å². The minimum absolute atomic E-state index is 0.0449. The summed E-state index contributed by atoms with van der Waals surface area (Å²) in [5.74, 6) is -1.90. The molecule has 0 atom stereocenters. The Kier molecular flexibility index (Phi) is 42.8. The quantitative estimate of drug-likeness (QED) is 0.0343. The number of alkyl halides is 15. The molecule has 774 valence electrons. The zero-order chi connectivity index (χ0) is 104. The first-order valence-electron chi connectivity index (χ1n) is 47.9. The van der Waals surface area contributed by atoms with Crippen molar-refractivity contribution >= 4 is 167 Å². The predicted octanol–water partition coefficient (Wildman–Crippen LogP) is 26.7. The highest BCUT2D eigenvalue weighted by atomic mass is 32.1. The Morgan fingerprint density at radius 3 is 0.710 bits per heavy atom. The number of carbonyl (C=O) groups excluding carboxylic acids is 4. The van der Waals surface area contributed by atoms with E-state index in [0.29, 0.717) is 50.1 Å². The van der Waals surface area contributed by atoms with Gasteiger partial charge in [-0.25, -0.2) is 0 Å². The van der Waals surface area contributed by atoms with Crippen LogP contribution in [0.5, 0.6) is 0 Å². The van der Waals surface area contributed by atoms with Gasteiger partial charge in [0.2, 0.25) is 0 Å². The zero-order valence-electron chi connectivity index (χ0n) is 79.2. The van der Waals surface area contributed by atoms with E-state index < -0.39 is 82.3 Å². The smallest absolute Gasteiger partial charge is 0.416 e. The van der Waals surface area contributed by atoms with Crippen molar-refractivity contribution < 1.29 is 89.5 Å². The van der Waals surface area contributed by atoms with Crippen LogP contribution in [0.25, 0.3) is 0 Å². The highest BCUT2D eigenvalue weighted by molar-refractivity contribution is 7.81. The average molecular weight is 2110 g/mol. The number of thiocarbonyl (C=S) groups is 5. The Balaban J connectivity index is 0.000000173. The summed E-state index contributed by atoms with van der Waals surface area (Å²) < 4.78 is 204. The van der Waals surface area contributed by atoms with Crippen LogP contribution >= 0.6 is 61.1 Å². The van der Waals surface area contributed by atoms with Crippen LogP contribution < -0.4 is 72.4 Å². The number of pyridine rings is 2. The Hall–Kier alpha value is -12.6. The fourth-order valence-corrected chi connectivity index (χ4v) is 17.8. The van der Waals surface area contributed by atoms with Crippen molar-refractivity contribution in [3.05, 3.63) is 275 Å². The van der Waals surface area contributed by atoms with Crippen LogP contribution in [0.15, 0.2) is 224 Å².